The average Bonchev–Trinajstić information content (AvgIpc) is 2.69. The Hall–Kier alpha value is -1.27. The zero-order chi connectivity index (χ0) is 15.1. The summed E-state index contributed by atoms with van der Waals surface area (Å²) >= 11 is 0. The Kier molecular flexibility index (Phi) is 6.32. The minimum atomic E-state index is -0.632. The van der Waals surface area contributed by atoms with E-state index in [1.807, 2.05) is 4.90 Å². The number of halogens is 2. The highest BCUT2D eigenvalue weighted by atomic mass is 19.1. The zero-order valence-corrected chi connectivity index (χ0v) is 12.4. The number of hydrogen-bond donors (Lipinski definition) is 1. The molecule has 1 aromatic heterocycles. The smallest absolute Gasteiger partial charge is 0.168 e. The van der Waals surface area contributed by atoms with Crippen molar-refractivity contribution in [3.8, 4) is 0 Å². The first-order valence-corrected chi connectivity index (χ1v) is 7.69. The first kappa shape index (κ1) is 16.1. The molecule has 4 nitrogen and oxygen atoms in total. The van der Waals surface area contributed by atoms with Crippen LogP contribution in [0.4, 0.5) is 14.6 Å². The number of pyridine rings is 1. The molecule has 0 aromatic carbocycles. The van der Waals surface area contributed by atoms with Crippen molar-refractivity contribution in [1.82, 2.24) is 9.88 Å². The van der Waals surface area contributed by atoms with Gasteiger partial charge < -0.3 is 15.5 Å². The standard InChI is InChI=1S/C15H24F2N4/c16-13-11-14(17)15(19-12-13)21-8-4-7-20(9-10-21)6-3-1-2-5-18/h11-12H,1-10,18H2. The lowest BCUT2D eigenvalue weighted by Gasteiger charge is -2.23. The summed E-state index contributed by atoms with van der Waals surface area (Å²) in [5.41, 5.74) is 5.49. The highest BCUT2D eigenvalue weighted by Crippen LogP contribution is 2.18. The van der Waals surface area contributed by atoms with Crippen molar-refractivity contribution in [1.29, 1.82) is 0 Å². The fourth-order valence-electron chi connectivity index (χ4n) is 2.70. The van der Waals surface area contributed by atoms with Crippen LogP contribution >= 0.6 is 0 Å². The summed E-state index contributed by atoms with van der Waals surface area (Å²) in [6.45, 7) is 5.21. The number of aromatic nitrogens is 1. The Balaban J connectivity index is 1.85. The molecule has 2 N–H and O–H groups in total. The van der Waals surface area contributed by atoms with E-state index in [-0.39, 0.29) is 5.82 Å². The van der Waals surface area contributed by atoms with Crippen LogP contribution in [0.1, 0.15) is 25.7 Å². The highest BCUT2D eigenvalue weighted by Gasteiger charge is 2.18. The normalized spacial score (nSPS) is 17.0. The van der Waals surface area contributed by atoms with E-state index in [4.69, 9.17) is 5.73 Å². The second kappa shape index (κ2) is 8.24. The lowest BCUT2D eigenvalue weighted by atomic mass is 10.2. The molecular formula is C15H24F2N4. The molecule has 0 atom stereocenters. The van der Waals surface area contributed by atoms with Crippen LogP contribution in [0.2, 0.25) is 0 Å². The molecule has 1 fully saturated rings. The molecule has 1 saturated heterocycles. The van der Waals surface area contributed by atoms with Gasteiger partial charge in [-0.25, -0.2) is 13.8 Å². The molecule has 0 unspecified atom stereocenters. The van der Waals surface area contributed by atoms with Crippen LogP contribution < -0.4 is 10.6 Å². The van der Waals surface area contributed by atoms with Crippen LogP contribution in [-0.4, -0.2) is 49.2 Å². The Labute approximate surface area is 124 Å². The second-order valence-corrected chi connectivity index (χ2v) is 5.49. The summed E-state index contributed by atoms with van der Waals surface area (Å²) < 4.78 is 26.7. The van der Waals surface area contributed by atoms with E-state index < -0.39 is 11.6 Å². The highest BCUT2D eigenvalue weighted by molar-refractivity contribution is 5.40. The van der Waals surface area contributed by atoms with Gasteiger partial charge in [0.1, 0.15) is 5.82 Å². The van der Waals surface area contributed by atoms with Gasteiger partial charge in [0, 0.05) is 25.7 Å². The molecule has 1 aliphatic heterocycles. The fourth-order valence-corrected chi connectivity index (χ4v) is 2.70. The molecule has 0 aliphatic carbocycles. The molecule has 1 aliphatic rings. The Bertz CT molecular complexity index is 442. The summed E-state index contributed by atoms with van der Waals surface area (Å²) in [4.78, 5) is 8.21. The van der Waals surface area contributed by atoms with Gasteiger partial charge in [-0.2, -0.15) is 0 Å². The van der Waals surface area contributed by atoms with E-state index in [0.717, 1.165) is 77.2 Å². The van der Waals surface area contributed by atoms with E-state index in [0.29, 0.717) is 0 Å². The van der Waals surface area contributed by atoms with E-state index in [2.05, 4.69) is 9.88 Å². The molecule has 1 aromatic rings. The van der Waals surface area contributed by atoms with Crippen molar-refractivity contribution in [2.75, 3.05) is 44.2 Å². The molecule has 0 radical (unpaired) electrons. The van der Waals surface area contributed by atoms with E-state index in [9.17, 15) is 8.78 Å². The van der Waals surface area contributed by atoms with Gasteiger partial charge in [0.05, 0.1) is 6.20 Å². The van der Waals surface area contributed by atoms with Crippen LogP contribution in [0, 0.1) is 11.6 Å². The molecule has 2 rings (SSSR count). The molecule has 0 saturated carbocycles. The largest absolute Gasteiger partial charge is 0.353 e. The number of hydrogen-bond acceptors (Lipinski definition) is 4. The fraction of sp³-hybridized carbons (Fsp3) is 0.667. The second-order valence-electron chi connectivity index (χ2n) is 5.49. The van der Waals surface area contributed by atoms with Gasteiger partial charge in [0.25, 0.3) is 0 Å². The van der Waals surface area contributed by atoms with Crippen molar-refractivity contribution in [3.05, 3.63) is 23.9 Å². The summed E-state index contributed by atoms with van der Waals surface area (Å²) in [7, 11) is 0. The predicted octanol–water partition coefficient (Wildman–Crippen LogP) is 2.00. The van der Waals surface area contributed by atoms with Crippen molar-refractivity contribution < 1.29 is 8.78 Å². The average molecular weight is 298 g/mol. The first-order chi connectivity index (χ1) is 10.2. The van der Waals surface area contributed by atoms with Gasteiger partial charge in [-0.05, 0) is 38.9 Å². The molecule has 0 amide bonds. The van der Waals surface area contributed by atoms with Crippen molar-refractivity contribution in [2.24, 2.45) is 5.73 Å². The van der Waals surface area contributed by atoms with Gasteiger partial charge in [0.2, 0.25) is 0 Å². The number of anilines is 1. The van der Waals surface area contributed by atoms with Crippen LogP contribution in [0.15, 0.2) is 12.3 Å². The van der Waals surface area contributed by atoms with Crippen molar-refractivity contribution in [3.63, 3.8) is 0 Å². The minimum Gasteiger partial charge on any atom is -0.353 e. The van der Waals surface area contributed by atoms with Gasteiger partial charge in [-0.3, -0.25) is 0 Å². The monoisotopic (exact) mass is 298 g/mol. The van der Waals surface area contributed by atoms with E-state index in [1.165, 1.54) is 0 Å². The summed E-state index contributed by atoms with van der Waals surface area (Å²) in [6, 6.07) is 0.901. The van der Waals surface area contributed by atoms with E-state index in [1.54, 1.807) is 0 Å². The summed E-state index contributed by atoms with van der Waals surface area (Å²) in [5.74, 6) is -0.944. The minimum absolute atomic E-state index is 0.265. The van der Waals surface area contributed by atoms with Gasteiger partial charge in [0.15, 0.2) is 11.6 Å². The third kappa shape index (κ3) is 4.89. The third-order valence-electron chi connectivity index (χ3n) is 3.85. The molecule has 21 heavy (non-hydrogen) atoms. The van der Waals surface area contributed by atoms with Crippen LogP contribution in [0.3, 0.4) is 0 Å². The maximum atomic E-state index is 13.8. The SMILES string of the molecule is NCCCCCN1CCCN(c2ncc(F)cc2F)CC1. The molecule has 0 bridgehead atoms. The Morgan fingerprint density at radius 2 is 1.95 bits per heavy atom. The molecule has 0 spiro atoms. The predicted molar refractivity (Wildman–Crippen MR) is 80.3 cm³/mol. The first-order valence-electron chi connectivity index (χ1n) is 7.69. The van der Waals surface area contributed by atoms with Gasteiger partial charge in [-0.15, -0.1) is 0 Å². The Morgan fingerprint density at radius 3 is 2.71 bits per heavy atom. The number of unbranched alkanes of at least 4 members (excludes halogenated alkanes) is 2. The summed E-state index contributed by atoms with van der Waals surface area (Å²) in [5, 5.41) is 0. The van der Waals surface area contributed by atoms with E-state index >= 15 is 0 Å². The number of nitrogens with zero attached hydrogens (tertiary/aromatic N) is 3. The van der Waals surface area contributed by atoms with Crippen LogP contribution in [-0.2, 0) is 0 Å². The zero-order valence-electron chi connectivity index (χ0n) is 12.4. The Morgan fingerprint density at radius 1 is 1.10 bits per heavy atom. The third-order valence-corrected chi connectivity index (χ3v) is 3.85. The number of nitrogens with two attached hydrogens (primary N) is 1. The maximum absolute atomic E-state index is 13.8. The van der Waals surface area contributed by atoms with Crippen LogP contribution in [0.5, 0.6) is 0 Å². The lowest BCUT2D eigenvalue weighted by Crippen LogP contribution is -2.32. The molecular weight excluding hydrogens is 274 g/mol. The number of rotatable bonds is 6. The molecule has 118 valence electrons. The van der Waals surface area contributed by atoms with Crippen molar-refractivity contribution in [2.45, 2.75) is 25.7 Å². The summed E-state index contributed by atoms with van der Waals surface area (Å²) in [6.07, 6.45) is 5.43. The van der Waals surface area contributed by atoms with Crippen molar-refractivity contribution >= 4 is 5.82 Å². The lowest BCUT2D eigenvalue weighted by molar-refractivity contribution is 0.286. The molecule has 6 heteroatoms. The maximum Gasteiger partial charge on any atom is 0.168 e. The topological polar surface area (TPSA) is 45.4 Å². The molecule has 2 heterocycles. The van der Waals surface area contributed by atoms with Gasteiger partial charge >= 0.3 is 0 Å². The quantitative estimate of drug-likeness (QED) is 0.816. The van der Waals surface area contributed by atoms with Gasteiger partial charge in [-0.1, -0.05) is 6.42 Å². The van der Waals surface area contributed by atoms with Crippen LogP contribution in [0.25, 0.3) is 0 Å².